The van der Waals surface area contributed by atoms with Crippen molar-refractivity contribution in [3.8, 4) is 5.75 Å². The van der Waals surface area contributed by atoms with E-state index in [2.05, 4.69) is 15.0 Å². The number of nitrogens with zero attached hydrogens (tertiary/aromatic N) is 1. The van der Waals surface area contributed by atoms with Crippen molar-refractivity contribution in [2.45, 2.75) is 31.6 Å². The Kier molecular flexibility index (Phi) is 7.22. The van der Waals surface area contributed by atoms with Gasteiger partial charge in [-0.1, -0.05) is 6.07 Å². The predicted molar refractivity (Wildman–Crippen MR) is 86.3 cm³/mol. The van der Waals surface area contributed by atoms with Gasteiger partial charge in [-0.15, -0.1) is 0 Å². The molecule has 9 heteroatoms. The average Bonchev–Trinajstić information content (AvgIpc) is 2.56. The lowest BCUT2D eigenvalue weighted by Crippen LogP contribution is -2.45. The van der Waals surface area contributed by atoms with Crippen molar-refractivity contribution < 1.29 is 31.8 Å². The molecule has 1 aliphatic heterocycles. The van der Waals surface area contributed by atoms with Gasteiger partial charge in [0, 0.05) is 25.7 Å². The number of hydrogen-bond acceptors (Lipinski definition) is 4. The van der Waals surface area contributed by atoms with Crippen LogP contribution in [0.5, 0.6) is 5.75 Å². The van der Waals surface area contributed by atoms with E-state index in [0.29, 0.717) is 32.5 Å². The highest BCUT2D eigenvalue weighted by atomic mass is 19.4. The molecule has 0 radical (unpaired) electrons. The molecule has 0 aliphatic carbocycles. The summed E-state index contributed by atoms with van der Waals surface area (Å²) in [5.41, 5.74) is 0.825. The number of methoxy groups -OCH3 is 1. The Bertz CT molecular complexity index is 602. The summed E-state index contributed by atoms with van der Waals surface area (Å²) in [6, 6.07) is 4.72. The first-order valence-electron chi connectivity index (χ1n) is 8.25. The molecule has 146 valence electrons. The number of alkyl halides is 3. The van der Waals surface area contributed by atoms with Crippen molar-refractivity contribution in [3.63, 3.8) is 0 Å². The van der Waals surface area contributed by atoms with Gasteiger partial charge in [0.15, 0.2) is 11.6 Å². The largest absolute Gasteiger partial charge is 0.494 e. The summed E-state index contributed by atoms with van der Waals surface area (Å²) in [6.07, 6.45) is -3.10. The maximum absolute atomic E-state index is 13.7. The van der Waals surface area contributed by atoms with Crippen LogP contribution in [0.2, 0.25) is 0 Å². The molecule has 0 bridgehead atoms. The fourth-order valence-electron chi connectivity index (χ4n) is 2.83. The molecule has 1 aromatic rings. The van der Waals surface area contributed by atoms with Gasteiger partial charge in [-0.25, -0.2) is 4.39 Å². The summed E-state index contributed by atoms with van der Waals surface area (Å²) >= 11 is 0. The van der Waals surface area contributed by atoms with Gasteiger partial charge in [-0.2, -0.15) is 13.2 Å². The van der Waals surface area contributed by atoms with Crippen LogP contribution in [0.3, 0.4) is 0 Å². The van der Waals surface area contributed by atoms with Crippen LogP contribution in [0.1, 0.15) is 18.4 Å². The van der Waals surface area contributed by atoms with Gasteiger partial charge in [-0.05, 0) is 30.5 Å². The van der Waals surface area contributed by atoms with Crippen molar-refractivity contribution in [1.29, 1.82) is 0 Å². The Labute approximate surface area is 149 Å². The molecule has 0 saturated carbocycles. The number of ether oxygens (including phenoxy) is 2. The fourth-order valence-corrected chi connectivity index (χ4v) is 2.83. The van der Waals surface area contributed by atoms with Gasteiger partial charge >= 0.3 is 6.18 Å². The lowest BCUT2D eigenvalue weighted by atomic mass is 10.0. The first-order valence-corrected chi connectivity index (χ1v) is 8.25. The Hall–Kier alpha value is -1.87. The van der Waals surface area contributed by atoms with Crippen LogP contribution in [-0.4, -0.2) is 56.4 Å². The average molecular weight is 378 g/mol. The van der Waals surface area contributed by atoms with Crippen LogP contribution < -0.4 is 10.1 Å². The summed E-state index contributed by atoms with van der Waals surface area (Å²) in [5, 5.41) is 2.68. The molecule has 1 heterocycles. The maximum atomic E-state index is 13.7. The molecular weight excluding hydrogens is 356 g/mol. The maximum Gasteiger partial charge on any atom is 0.411 e. The summed E-state index contributed by atoms with van der Waals surface area (Å²) in [5.74, 6) is -0.765. The second kappa shape index (κ2) is 9.18. The third kappa shape index (κ3) is 6.80. The molecule has 0 unspecified atom stereocenters. The molecule has 2 rings (SSSR count). The Morgan fingerprint density at radius 3 is 2.58 bits per heavy atom. The number of halogens is 4. The van der Waals surface area contributed by atoms with Gasteiger partial charge in [0.05, 0.1) is 7.11 Å². The zero-order chi connectivity index (χ0) is 19.2. The minimum atomic E-state index is -4.44. The zero-order valence-electron chi connectivity index (χ0n) is 14.4. The molecule has 1 aliphatic rings. The number of amides is 1. The second-order valence-corrected chi connectivity index (χ2v) is 6.19. The Morgan fingerprint density at radius 1 is 1.31 bits per heavy atom. The second-order valence-electron chi connectivity index (χ2n) is 6.19. The van der Waals surface area contributed by atoms with Crippen LogP contribution in [0, 0.1) is 5.82 Å². The number of piperidine rings is 1. The molecule has 1 aromatic carbocycles. The first kappa shape index (κ1) is 20.4. The Morgan fingerprint density at radius 2 is 2.00 bits per heavy atom. The van der Waals surface area contributed by atoms with Gasteiger partial charge in [0.2, 0.25) is 5.91 Å². The van der Waals surface area contributed by atoms with Crippen molar-refractivity contribution >= 4 is 5.91 Å². The highest BCUT2D eigenvalue weighted by Gasteiger charge is 2.28. The van der Waals surface area contributed by atoms with Crippen molar-refractivity contribution in [2.75, 3.05) is 33.4 Å². The molecule has 0 spiro atoms. The molecule has 26 heavy (non-hydrogen) atoms. The van der Waals surface area contributed by atoms with Gasteiger partial charge in [0.1, 0.15) is 13.2 Å². The quantitative estimate of drug-likeness (QED) is 0.741. The lowest BCUT2D eigenvalue weighted by molar-refractivity contribution is -0.175. The minimum absolute atomic E-state index is 0.0964. The number of carbonyl (C=O) groups is 1. The SMILES string of the molecule is COc1ccc(CN2CCC(NC(=O)COCC(F)(F)F)CC2)cc1F. The highest BCUT2D eigenvalue weighted by molar-refractivity contribution is 5.77. The van der Waals surface area contributed by atoms with E-state index in [9.17, 15) is 22.4 Å². The monoisotopic (exact) mass is 378 g/mol. The van der Waals surface area contributed by atoms with Crippen LogP contribution in [0.25, 0.3) is 0 Å². The predicted octanol–water partition coefficient (Wildman–Crippen LogP) is 2.49. The molecular formula is C17H22F4N2O3. The zero-order valence-corrected chi connectivity index (χ0v) is 14.4. The first-order chi connectivity index (χ1) is 12.3. The number of benzene rings is 1. The molecule has 5 nitrogen and oxygen atoms in total. The topological polar surface area (TPSA) is 50.8 Å². The molecule has 1 N–H and O–H groups in total. The van der Waals surface area contributed by atoms with E-state index in [1.54, 1.807) is 12.1 Å². The van der Waals surface area contributed by atoms with E-state index in [4.69, 9.17) is 4.74 Å². The minimum Gasteiger partial charge on any atom is -0.494 e. The molecule has 0 atom stereocenters. The fraction of sp³-hybridized carbons (Fsp3) is 0.588. The highest BCUT2D eigenvalue weighted by Crippen LogP contribution is 2.20. The summed E-state index contributed by atoms with van der Waals surface area (Å²) in [6.45, 7) is -0.0670. The summed E-state index contributed by atoms with van der Waals surface area (Å²) in [4.78, 5) is 13.7. The molecule has 1 fully saturated rings. The summed E-state index contributed by atoms with van der Waals surface area (Å²) < 4.78 is 58.8. The van der Waals surface area contributed by atoms with Crippen molar-refractivity contribution in [2.24, 2.45) is 0 Å². The Balaban J connectivity index is 1.70. The lowest BCUT2D eigenvalue weighted by Gasteiger charge is -2.32. The number of hydrogen-bond donors (Lipinski definition) is 1. The van der Waals surface area contributed by atoms with Crippen molar-refractivity contribution in [1.82, 2.24) is 10.2 Å². The van der Waals surface area contributed by atoms with Gasteiger partial charge < -0.3 is 14.8 Å². The number of rotatable bonds is 7. The molecule has 1 saturated heterocycles. The normalized spacial score (nSPS) is 16.5. The van der Waals surface area contributed by atoms with Crippen LogP contribution in [-0.2, 0) is 16.1 Å². The van der Waals surface area contributed by atoms with E-state index in [1.165, 1.54) is 13.2 Å². The third-order valence-electron chi connectivity index (χ3n) is 4.07. The van der Waals surface area contributed by atoms with Gasteiger partial charge in [-0.3, -0.25) is 9.69 Å². The number of nitrogens with one attached hydrogen (secondary N) is 1. The standard InChI is InChI=1S/C17H22F4N2O3/c1-25-15-3-2-12(8-14(15)18)9-23-6-4-13(5-7-23)22-16(24)10-26-11-17(19,20)21/h2-3,8,13H,4-7,9-11H2,1H3,(H,22,24). The van der Waals surface area contributed by atoms with Crippen LogP contribution >= 0.6 is 0 Å². The third-order valence-corrected chi connectivity index (χ3v) is 4.07. The van der Waals surface area contributed by atoms with Crippen LogP contribution in [0.15, 0.2) is 18.2 Å². The van der Waals surface area contributed by atoms with Crippen molar-refractivity contribution in [3.05, 3.63) is 29.6 Å². The van der Waals surface area contributed by atoms with E-state index < -0.39 is 31.1 Å². The number of carbonyl (C=O) groups excluding carboxylic acids is 1. The van der Waals surface area contributed by atoms with Crippen LogP contribution in [0.4, 0.5) is 17.6 Å². The smallest absolute Gasteiger partial charge is 0.411 e. The molecule has 0 aromatic heterocycles. The summed E-state index contributed by atoms with van der Waals surface area (Å²) in [7, 11) is 1.41. The van der Waals surface area contributed by atoms with E-state index in [-0.39, 0.29) is 11.8 Å². The van der Waals surface area contributed by atoms with Gasteiger partial charge in [0.25, 0.3) is 0 Å². The van der Waals surface area contributed by atoms with E-state index >= 15 is 0 Å². The number of likely N-dealkylation sites (tertiary alicyclic amines) is 1. The van der Waals surface area contributed by atoms with E-state index in [0.717, 1.165) is 5.56 Å². The van der Waals surface area contributed by atoms with E-state index in [1.807, 2.05) is 0 Å². The molecule has 1 amide bonds.